The summed E-state index contributed by atoms with van der Waals surface area (Å²) in [7, 11) is 0. The summed E-state index contributed by atoms with van der Waals surface area (Å²) in [6.45, 7) is 2.71. The maximum absolute atomic E-state index is 12.9. The van der Waals surface area contributed by atoms with Crippen LogP contribution < -0.4 is 10.4 Å². The van der Waals surface area contributed by atoms with E-state index >= 15 is 0 Å². The molecule has 120 valence electrons. The molecule has 2 rings (SSSR count). The molecule has 2 nitrogen and oxygen atoms in total. The van der Waals surface area contributed by atoms with Crippen molar-refractivity contribution in [2.45, 2.75) is 13.3 Å². The first-order chi connectivity index (χ1) is 11.1. The van der Waals surface area contributed by atoms with Gasteiger partial charge in [0.05, 0.1) is 10.0 Å². The van der Waals surface area contributed by atoms with Gasteiger partial charge in [-0.05, 0) is 18.1 Å². The Hall–Kier alpha value is -1.55. The summed E-state index contributed by atoms with van der Waals surface area (Å²) in [5.41, 5.74) is 1.47. The molecule has 23 heavy (non-hydrogen) atoms. The van der Waals surface area contributed by atoms with Gasteiger partial charge in [0.1, 0.15) is 4.99 Å². The van der Waals surface area contributed by atoms with Crippen molar-refractivity contribution in [3.63, 3.8) is 0 Å². The minimum Gasteiger partial charge on any atom is -0.872 e. The van der Waals surface area contributed by atoms with E-state index in [4.69, 9.17) is 35.4 Å². The Kier molecular flexibility index (Phi) is 6.46. The van der Waals surface area contributed by atoms with Crippen molar-refractivity contribution in [3.05, 3.63) is 69.7 Å². The molecule has 0 aliphatic carbocycles. The fourth-order valence-electron chi connectivity index (χ4n) is 2.11. The number of benzene rings is 2. The maximum Gasteiger partial charge on any atom is 0.106 e. The summed E-state index contributed by atoms with van der Waals surface area (Å²) < 4.78 is 0. The summed E-state index contributed by atoms with van der Waals surface area (Å²) in [6, 6.07) is 14.2. The molecule has 0 aliphatic rings. The average molecular weight is 365 g/mol. The van der Waals surface area contributed by atoms with E-state index in [1.165, 1.54) is 0 Å². The highest BCUT2D eigenvalue weighted by Gasteiger charge is 2.15. The van der Waals surface area contributed by atoms with Gasteiger partial charge in [0.2, 0.25) is 0 Å². The van der Waals surface area contributed by atoms with Crippen molar-refractivity contribution in [2.24, 2.45) is 0 Å². The van der Waals surface area contributed by atoms with E-state index in [1.54, 1.807) is 30.3 Å². The van der Waals surface area contributed by atoms with Crippen LogP contribution in [0.3, 0.4) is 0 Å². The lowest BCUT2D eigenvalue weighted by atomic mass is 10.0. The third kappa shape index (κ3) is 4.25. The summed E-state index contributed by atoms with van der Waals surface area (Å²) in [6.07, 6.45) is 0.899. The van der Waals surface area contributed by atoms with Crippen molar-refractivity contribution in [2.75, 3.05) is 6.54 Å². The zero-order valence-electron chi connectivity index (χ0n) is 12.6. The number of hydrogen-bond donors (Lipinski definition) is 1. The molecular weight excluding hydrogens is 349 g/mol. The molecule has 2 aromatic carbocycles. The minimum absolute atomic E-state index is 0.177. The van der Waals surface area contributed by atoms with Crippen LogP contribution in [0.25, 0.3) is 11.3 Å². The van der Waals surface area contributed by atoms with Gasteiger partial charge in [-0.15, -0.1) is 0 Å². The van der Waals surface area contributed by atoms with Gasteiger partial charge in [0, 0.05) is 17.7 Å². The van der Waals surface area contributed by atoms with Crippen molar-refractivity contribution in [3.8, 4) is 0 Å². The second-order valence-electron chi connectivity index (χ2n) is 4.93. The van der Waals surface area contributed by atoms with Crippen LogP contribution in [0.15, 0.2) is 48.5 Å². The molecule has 0 saturated carbocycles. The van der Waals surface area contributed by atoms with Gasteiger partial charge in [0.25, 0.3) is 0 Å². The molecule has 2 aromatic rings. The Morgan fingerprint density at radius 1 is 1.09 bits per heavy atom. The maximum atomic E-state index is 12.9. The molecule has 0 fully saturated rings. The molecule has 1 N–H and O–H groups in total. The second kappa shape index (κ2) is 8.34. The van der Waals surface area contributed by atoms with Crippen LogP contribution in [-0.4, -0.2) is 11.5 Å². The molecule has 0 atom stereocenters. The number of rotatable bonds is 5. The monoisotopic (exact) mass is 364 g/mol. The Morgan fingerprint density at radius 2 is 1.78 bits per heavy atom. The normalized spacial score (nSPS) is 11.8. The third-order valence-electron chi connectivity index (χ3n) is 3.25. The van der Waals surface area contributed by atoms with Gasteiger partial charge in [-0.3, -0.25) is 0 Å². The van der Waals surface area contributed by atoms with E-state index in [0.717, 1.165) is 6.42 Å². The van der Waals surface area contributed by atoms with Gasteiger partial charge in [0.15, 0.2) is 0 Å². The van der Waals surface area contributed by atoms with Crippen LogP contribution in [0.4, 0.5) is 0 Å². The molecule has 0 heterocycles. The SMILES string of the molecule is CCCNC(=S)/C(=C(\[O-])c1ccccc1)c1cccc(Cl)c1Cl. The predicted octanol–water partition coefficient (Wildman–Crippen LogP) is 4.55. The van der Waals surface area contributed by atoms with Crippen LogP contribution in [-0.2, 0) is 0 Å². The topological polar surface area (TPSA) is 35.1 Å². The largest absolute Gasteiger partial charge is 0.872 e. The molecule has 5 heteroatoms. The molecular formula is C18H16Cl2NOS-. The standard InChI is InChI=1S/C18H17Cl2NOS/c1-2-11-21-18(23)15(13-9-6-10-14(19)16(13)20)17(22)12-7-4-3-5-8-12/h3-10,22H,2,11H2,1H3,(H,21,23)/p-1/b17-15-. The fourth-order valence-corrected chi connectivity index (χ4v) is 2.81. The summed E-state index contributed by atoms with van der Waals surface area (Å²) in [4.78, 5) is 0.380. The quantitative estimate of drug-likeness (QED) is 0.365. The van der Waals surface area contributed by atoms with Crippen LogP contribution >= 0.6 is 35.4 Å². The van der Waals surface area contributed by atoms with E-state index in [1.807, 2.05) is 25.1 Å². The number of nitrogens with one attached hydrogen (secondary N) is 1. The Labute approximate surface area is 151 Å². The van der Waals surface area contributed by atoms with Gasteiger partial charge in [-0.2, -0.15) is 0 Å². The van der Waals surface area contributed by atoms with Crippen LogP contribution in [0, 0.1) is 0 Å². The van der Waals surface area contributed by atoms with Crippen LogP contribution in [0.2, 0.25) is 10.0 Å². The third-order valence-corrected chi connectivity index (χ3v) is 4.41. The lowest BCUT2D eigenvalue weighted by Crippen LogP contribution is -2.26. The van der Waals surface area contributed by atoms with Gasteiger partial charge in [-0.1, -0.05) is 90.6 Å². The highest BCUT2D eigenvalue weighted by Crippen LogP contribution is 2.33. The lowest BCUT2D eigenvalue weighted by Gasteiger charge is -2.22. The van der Waals surface area contributed by atoms with E-state index in [9.17, 15) is 5.11 Å². The first-order valence-corrected chi connectivity index (χ1v) is 8.42. The zero-order valence-corrected chi connectivity index (χ0v) is 14.9. The average Bonchev–Trinajstić information content (AvgIpc) is 2.57. The summed E-state index contributed by atoms with van der Waals surface area (Å²) in [5, 5.41) is 16.8. The molecule has 0 aromatic heterocycles. The van der Waals surface area contributed by atoms with Crippen molar-refractivity contribution in [1.29, 1.82) is 0 Å². The van der Waals surface area contributed by atoms with E-state index in [0.29, 0.717) is 38.3 Å². The fraction of sp³-hybridized carbons (Fsp3) is 0.167. The zero-order chi connectivity index (χ0) is 16.8. The molecule has 0 spiro atoms. The van der Waals surface area contributed by atoms with E-state index < -0.39 is 0 Å². The predicted molar refractivity (Wildman–Crippen MR) is 101 cm³/mol. The summed E-state index contributed by atoms with van der Waals surface area (Å²) >= 11 is 17.8. The smallest absolute Gasteiger partial charge is 0.106 e. The summed E-state index contributed by atoms with van der Waals surface area (Å²) in [5.74, 6) is -0.177. The first kappa shape index (κ1) is 17.8. The van der Waals surface area contributed by atoms with Gasteiger partial charge >= 0.3 is 0 Å². The molecule has 0 radical (unpaired) electrons. The minimum atomic E-state index is -0.177. The van der Waals surface area contributed by atoms with E-state index in [2.05, 4.69) is 5.32 Å². The highest BCUT2D eigenvalue weighted by molar-refractivity contribution is 7.81. The number of thiocarbonyl (C=S) groups is 1. The van der Waals surface area contributed by atoms with E-state index in [-0.39, 0.29) is 5.76 Å². The molecule has 0 aliphatic heterocycles. The Balaban J connectivity index is 2.61. The molecule has 0 unspecified atom stereocenters. The van der Waals surface area contributed by atoms with Crippen molar-refractivity contribution < 1.29 is 5.11 Å². The van der Waals surface area contributed by atoms with Crippen LogP contribution in [0.5, 0.6) is 0 Å². The van der Waals surface area contributed by atoms with Gasteiger partial charge < -0.3 is 10.4 Å². The Bertz CT molecular complexity index is 729. The first-order valence-electron chi connectivity index (χ1n) is 7.25. The molecule has 0 amide bonds. The van der Waals surface area contributed by atoms with Crippen LogP contribution in [0.1, 0.15) is 24.5 Å². The number of halogens is 2. The molecule has 0 saturated heterocycles. The highest BCUT2D eigenvalue weighted by atomic mass is 35.5. The number of hydrogen-bond acceptors (Lipinski definition) is 2. The van der Waals surface area contributed by atoms with Gasteiger partial charge in [-0.25, -0.2) is 0 Å². The Morgan fingerprint density at radius 3 is 2.43 bits per heavy atom. The lowest BCUT2D eigenvalue weighted by molar-refractivity contribution is -0.242. The second-order valence-corrected chi connectivity index (χ2v) is 6.12. The van der Waals surface area contributed by atoms with Crippen molar-refractivity contribution in [1.82, 2.24) is 5.32 Å². The molecule has 0 bridgehead atoms. The van der Waals surface area contributed by atoms with Crippen molar-refractivity contribution >= 4 is 51.7 Å².